The van der Waals surface area contributed by atoms with Gasteiger partial charge in [0, 0.05) is 23.2 Å². The second-order valence-electron chi connectivity index (χ2n) is 3.82. The number of hydrogen-bond donors (Lipinski definition) is 1. The lowest BCUT2D eigenvalue weighted by molar-refractivity contribution is 0.0954. The van der Waals surface area contributed by atoms with E-state index in [0.717, 1.165) is 17.5 Å². The summed E-state index contributed by atoms with van der Waals surface area (Å²) in [5.41, 5.74) is 3.09. The SMILES string of the molecule is O=C(N/N=C/C1CCOC1)c1ccccc1Br. The van der Waals surface area contributed by atoms with Crippen LogP contribution < -0.4 is 5.43 Å². The third-order valence-electron chi connectivity index (χ3n) is 2.53. The van der Waals surface area contributed by atoms with Gasteiger partial charge in [-0.15, -0.1) is 0 Å². The minimum Gasteiger partial charge on any atom is -0.381 e. The van der Waals surface area contributed by atoms with Gasteiger partial charge < -0.3 is 4.74 Å². The Morgan fingerprint density at radius 3 is 3.06 bits per heavy atom. The summed E-state index contributed by atoms with van der Waals surface area (Å²) in [6.07, 6.45) is 2.70. The molecule has 0 saturated carbocycles. The van der Waals surface area contributed by atoms with Gasteiger partial charge in [0.05, 0.1) is 12.2 Å². The number of rotatable bonds is 3. The molecule has 1 aliphatic heterocycles. The lowest BCUT2D eigenvalue weighted by Gasteiger charge is -2.02. The van der Waals surface area contributed by atoms with E-state index < -0.39 is 0 Å². The fraction of sp³-hybridized carbons (Fsp3) is 0.333. The van der Waals surface area contributed by atoms with Gasteiger partial charge in [-0.3, -0.25) is 4.79 Å². The van der Waals surface area contributed by atoms with Crippen molar-refractivity contribution in [3.05, 3.63) is 34.3 Å². The molecular weight excluding hydrogens is 284 g/mol. The molecular formula is C12H13BrN2O2. The van der Waals surface area contributed by atoms with E-state index in [0.29, 0.717) is 18.1 Å². The summed E-state index contributed by atoms with van der Waals surface area (Å²) in [6, 6.07) is 7.24. The Bertz CT molecular complexity index is 428. The molecule has 0 radical (unpaired) electrons. The molecule has 1 unspecified atom stereocenters. The van der Waals surface area contributed by atoms with E-state index in [1.54, 1.807) is 12.3 Å². The van der Waals surface area contributed by atoms with E-state index in [4.69, 9.17) is 4.74 Å². The summed E-state index contributed by atoms with van der Waals surface area (Å²) in [4.78, 5) is 11.8. The molecule has 1 heterocycles. The van der Waals surface area contributed by atoms with Crippen molar-refractivity contribution in [2.75, 3.05) is 13.2 Å². The van der Waals surface area contributed by atoms with Crippen LogP contribution in [0.25, 0.3) is 0 Å². The smallest absolute Gasteiger partial charge is 0.272 e. The predicted molar refractivity (Wildman–Crippen MR) is 69.0 cm³/mol. The number of hydrazone groups is 1. The van der Waals surface area contributed by atoms with Crippen LogP contribution in [-0.4, -0.2) is 25.3 Å². The van der Waals surface area contributed by atoms with E-state index in [-0.39, 0.29) is 5.91 Å². The van der Waals surface area contributed by atoms with Crippen molar-refractivity contribution in [2.24, 2.45) is 11.0 Å². The van der Waals surface area contributed by atoms with Gasteiger partial charge in [0.25, 0.3) is 5.91 Å². The minimum absolute atomic E-state index is 0.215. The molecule has 0 bridgehead atoms. The van der Waals surface area contributed by atoms with Crippen LogP contribution in [0.1, 0.15) is 16.8 Å². The molecule has 5 heteroatoms. The van der Waals surface area contributed by atoms with Crippen LogP contribution >= 0.6 is 15.9 Å². The molecule has 1 fully saturated rings. The molecule has 1 N–H and O–H groups in total. The Hall–Kier alpha value is -1.20. The van der Waals surface area contributed by atoms with E-state index in [2.05, 4.69) is 26.5 Å². The number of halogens is 1. The molecule has 0 spiro atoms. The highest BCUT2D eigenvalue weighted by atomic mass is 79.9. The van der Waals surface area contributed by atoms with Crippen molar-refractivity contribution >= 4 is 28.1 Å². The van der Waals surface area contributed by atoms with Gasteiger partial charge in [-0.1, -0.05) is 12.1 Å². The van der Waals surface area contributed by atoms with Crippen molar-refractivity contribution in [1.29, 1.82) is 0 Å². The van der Waals surface area contributed by atoms with Gasteiger partial charge in [-0.2, -0.15) is 5.10 Å². The zero-order chi connectivity index (χ0) is 12.1. The molecule has 4 nitrogen and oxygen atoms in total. The second kappa shape index (κ2) is 5.93. The van der Waals surface area contributed by atoms with E-state index in [1.165, 1.54) is 0 Å². The largest absolute Gasteiger partial charge is 0.381 e. The van der Waals surface area contributed by atoms with Crippen LogP contribution in [-0.2, 0) is 4.74 Å². The highest BCUT2D eigenvalue weighted by molar-refractivity contribution is 9.10. The fourth-order valence-electron chi connectivity index (χ4n) is 1.58. The van der Waals surface area contributed by atoms with Gasteiger partial charge in [0.2, 0.25) is 0 Å². The monoisotopic (exact) mass is 296 g/mol. The Morgan fingerprint density at radius 1 is 1.53 bits per heavy atom. The van der Waals surface area contributed by atoms with Gasteiger partial charge in [-0.05, 0) is 34.5 Å². The first-order valence-electron chi connectivity index (χ1n) is 5.43. The normalized spacial score (nSPS) is 19.7. The number of amides is 1. The quantitative estimate of drug-likeness (QED) is 0.687. The third-order valence-corrected chi connectivity index (χ3v) is 3.23. The van der Waals surface area contributed by atoms with Crippen molar-refractivity contribution in [1.82, 2.24) is 5.43 Å². The molecule has 1 aliphatic rings. The van der Waals surface area contributed by atoms with Crippen molar-refractivity contribution in [3.63, 3.8) is 0 Å². The summed E-state index contributed by atoms with van der Waals surface area (Å²) in [5.74, 6) is 0.0992. The molecule has 1 amide bonds. The summed E-state index contributed by atoms with van der Waals surface area (Å²) >= 11 is 3.32. The molecule has 0 aromatic heterocycles. The van der Waals surface area contributed by atoms with E-state index in [1.807, 2.05) is 18.2 Å². The lowest BCUT2D eigenvalue weighted by Crippen LogP contribution is -2.19. The number of nitrogens with one attached hydrogen (secondary N) is 1. The molecule has 1 atom stereocenters. The first kappa shape index (κ1) is 12.3. The molecule has 2 rings (SSSR count). The fourth-order valence-corrected chi connectivity index (χ4v) is 2.04. The second-order valence-corrected chi connectivity index (χ2v) is 4.68. The molecule has 17 heavy (non-hydrogen) atoms. The highest BCUT2D eigenvalue weighted by Crippen LogP contribution is 2.15. The number of hydrogen-bond acceptors (Lipinski definition) is 3. The maximum atomic E-state index is 11.8. The molecule has 1 aromatic rings. The van der Waals surface area contributed by atoms with E-state index >= 15 is 0 Å². The maximum Gasteiger partial charge on any atom is 0.272 e. The van der Waals surface area contributed by atoms with Crippen LogP contribution in [0, 0.1) is 5.92 Å². The molecule has 90 valence electrons. The average Bonchev–Trinajstić information content (AvgIpc) is 2.82. The summed E-state index contributed by atoms with van der Waals surface area (Å²) < 4.78 is 5.97. The minimum atomic E-state index is -0.215. The molecule has 1 saturated heterocycles. The third kappa shape index (κ3) is 3.38. The van der Waals surface area contributed by atoms with Crippen LogP contribution in [0.5, 0.6) is 0 Å². The number of carbonyl (C=O) groups excluding carboxylic acids is 1. The number of nitrogens with zero attached hydrogens (tertiary/aromatic N) is 1. The predicted octanol–water partition coefficient (Wildman–Crippen LogP) is 2.20. The first-order chi connectivity index (χ1) is 8.27. The Balaban J connectivity index is 1.91. The zero-order valence-electron chi connectivity index (χ0n) is 9.23. The summed E-state index contributed by atoms with van der Waals surface area (Å²) in [6.45, 7) is 1.46. The van der Waals surface area contributed by atoms with Crippen molar-refractivity contribution < 1.29 is 9.53 Å². The molecule has 0 aliphatic carbocycles. The Morgan fingerprint density at radius 2 is 2.35 bits per heavy atom. The van der Waals surface area contributed by atoms with Crippen LogP contribution in [0.3, 0.4) is 0 Å². The van der Waals surface area contributed by atoms with Crippen molar-refractivity contribution in [2.45, 2.75) is 6.42 Å². The summed E-state index contributed by atoms with van der Waals surface area (Å²) in [5, 5.41) is 3.95. The number of ether oxygens (including phenoxy) is 1. The highest BCUT2D eigenvalue weighted by Gasteiger charge is 2.13. The van der Waals surface area contributed by atoms with Gasteiger partial charge in [0.15, 0.2) is 0 Å². The summed E-state index contributed by atoms with van der Waals surface area (Å²) in [7, 11) is 0. The van der Waals surface area contributed by atoms with Gasteiger partial charge >= 0.3 is 0 Å². The van der Waals surface area contributed by atoms with E-state index in [9.17, 15) is 4.79 Å². The van der Waals surface area contributed by atoms with Gasteiger partial charge in [-0.25, -0.2) is 5.43 Å². The average molecular weight is 297 g/mol. The topological polar surface area (TPSA) is 50.7 Å². The maximum absolute atomic E-state index is 11.8. The first-order valence-corrected chi connectivity index (χ1v) is 6.22. The van der Waals surface area contributed by atoms with Gasteiger partial charge in [0.1, 0.15) is 0 Å². The zero-order valence-corrected chi connectivity index (χ0v) is 10.8. The van der Waals surface area contributed by atoms with Crippen LogP contribution in [0.15, 0.2) is 33.8 Å². The van der Waals surface area contributed by atoms with Crippen LogP contribution in [0.2, 0.25) is 0 Å². The number of benzene rings is 1. The lowest BCUT2D eigenvalue weighted by atomic mass is 10.1. The molecule has 1 aromatic carbocycles. The Labute approximate surface area is 108 Å². The standard InChI is InChI=1S/C12H13BrN2O2/c13-11-4-2-1-3-10(11)12(16)15-14-7-9-5-6-17-8-9/h1-4,7,9H,5-6,8H2,(H,15,16)/b14-7+. The van der Waals surface area contributed by atoms with Crippen molar-refractivity contribution in [3.8, 4) is 0 Å². The Kier molecular flexibility index (Phi) is 4.28. The van der Waals surface area contributed by atoms with Crippen LogP contribution in [0.4, 0.5) is 0 Å². The number of carbonyl (C=O) groups is 1.